The van der Waals surface area contributed by atoms with Crippen molar-refractivity contribution in [1.29, 1.82) is 0 Å². The van der Waals surface area contributed by atoms with E-state index in [4.69, 9.17) is 10.3 Å². The maximum atomic E-state index is 5.65. The van der Waals surface area contributed by atoms with Gasteiger partial charge in [-0.1, -0.05) is 19.0 Å². The monoisotopic (exact) mass is 166 g/mol. The Kier molecular flexibility index (Phi) is 1.51. The Labute approximate surface area is 71.9 Å². The summed E-state index contributed by atoms with van der Waals surface area (Å²) in [5.41, 5.74) is 7.01. The first-order valence-corrected chi connectivity index (χ1v) is 4.28. The normalized spacial score (nSPS) is 31.9. The quantitative estimate of drug-likeness (QED) is 0.722. The van der Waals surface area contributed by atoms with Gasteiger partial charge in [-0.25, -0.2) is 0 Å². The molecule has 1 heterocycles. The second-order valence-electron chi connectivity index (χ2n) is 4.07. The summed E-state index contributed by atoms with van der Waals surface area (Å²) in [5, 5.41) is 3.94. The first-order chi connectivity index (χ1) is 5.68. The van der Waals surface area contributed by atoms with Crippen molar-refractivity contribution in [2.45, 2.75) is 19.8 Å². The van der Waals surface area contributed by atoms with E-state index in [0.717, 1.165) is 12.2 Å². The van der Waals surface area contributed by atoms with Gasteiger partial charge in [0.05, 0.1) is 5.69 Å². The number of rotatable bonds is 2. The van der Waals surface area contributed by atoms with E-state index in [9.17, 15) is 0 Å². The zero-order chi connectivity index (χ0) is 8.77. The number of aromatic nitrogens is 1. The van der Waals surface area contributed by atoms with Crippen LogP contribution in [0.25, 0.3) is 0 Å². The molecule has 0 spiro atoms. The fourth-order valence-electron chi connectivity index (χ4n) is 2.15. The molecule has 1 aromatic rings. The standard InChI is InChI=1S/C9H14N2O/c1-9(2)6(5-10)8(9)7-3-4-12-11-7/h3-4,6,8H,5,10H2,1-2H3/t6-,8+/m0/s1. The summed E-state index contributed by atoms with van der Waals surface area (Å²) in [5.74, 6) is 1.07. The van der Waals surface area contributed by atoms with Gasteiger partial charge in [-0.05, 0) is 17.9 Å². The highest BCUT2D eigenvalue weighted by Gasteiger charge is 2.58. The van der Waals surface area contributed by atoms with Gasteiger partial charge in [0, 0.05) is 12.0 Å². The molecule has 1 fully saturated rings. The average Bonchev–Trinajstić information content (AvgIpc) is 2.50. The number of hydrogen-bond donors (Lipinski definition) is 1. The lowest BCUT2D eigenvalue weighted by Gasteiger charge is -1.97. The van der Waals surface area contributed by atoms with Gasteiger partial charge in [0.25, 0.3) is 0 Å². The van der Waals surface area contributed by atoms with Gasteiger partial charge in [-0.3, -0.25) is 0 Å². The molecule has 0 aliphatic heterocycles. The maximum absolute atomic E-state index is 5.65. The molecule has 0 aromatic carbocycles. The fraction of sp³-hybridized carbons (Fsp3) is 0.667. The van der Waals surface area contributed by atoms with Gasteiger partial charge in [0.15, 0.2) is 0 Å². The minimum Gasteiger partial charge on any atom is -0.365 e. The molecule has 0 amide bonds. The Hall–Kier alpha value is -0.830. The molecule has 0 radical (unpaired) electrons. The van der Waals surface area contributed by atoms with Crippen LogP contribution in [0.2, 0.25) is 0 Å². The van der Waals surface area contributed by atoms with E-state index >= 15 is 0 Å². The first kappa shape index (κ1) is 7.80. The molecular weight excluding hydrogens is 152 g/mol. The molecule has 1 aliphatic rings. The zero-order valence-electron chi connectivity index (χ0n) is 7.45. The summed E-state index contributed by atoms with van der Waals surface area (Å²) in [4.78, 5) is 0. The van der Waals surface area contributed by atoms with Crippen molar-refractivity contribution in [3.8, 4) is 0 Å². The van der Waals surface area contributed by atoms with E-state index in [-0.39, 0.29) is 0 Å². The molecule has 2 rings (SSSR count). The van der Waals surface area contributed by atoms with Crippen LogP contribution in [-0.2, 0) is 0 Å². The summed E-state index contributed by atoms with van der Waals surface area (Å²) < 4.78 is 4.81. The third kappa shape index (κ3) is 0.894. The van der Waals surface area contributed by atoms with E-state index in [1.165, 1.54) is 0 Å². The van der Waals surface area contributed by atoms with E-state index in [1.54, 1.807) is 6.26 Å². The van der Waals surface area contributed by atoms with Crippen LogP contribution in [-0.4, -0.2) is 11.7 Å². The fourth-order valence-corrected chi connectivity index (χ4v) is 2.15. The molecule has 3 heteroatoms. The van der Waals surface area contributed by atoms with Crippen LogP contribution in [0.15, 0.2) is 16.9 Å². The lowest BCUT2D eigenvalue weighted by Crippen LogP contribution is -2.05. The molecule has 2 atom stereocenters. The van der Waals surface area contributed by atoms with Gasteiger partial charge in [-0.15, -0.1) is 0 Å². The molecule has 12 heavy (non-hydrogen) atoms. The average molecular weight is 166 g/mol. The Balaban J connectivity index is 2.19. The molecule has 3 nitrogen and oxygen atoms in total. The van der Waals surface area contributed by atoms with E-state index in [2.05, 4.69) is 19.0 Å². The number of nitrogens with two attached hydrogens (primary N) is 1. The third-order valence-electron chi connectivity index (χ3n) is 3.08. The van der Waals surface area contributed by atoms with Crippen LogP contribution in [0.1, 0.15) is 25.5 Å². The smallest absolute Gasteiger partial charge is 0.124 e. The molecule has 1 aromatic heterocycles. The summed E-state index contributed by atoms with van der Waals surface area (Å²) >= 11 is 0. The summed E-state index contributed by atoms with van der Waals surface area (Å²) in [7, 11) is 0. The largest absolute Gasteiger partial charge is 0.365 e. The van der Waals surface area contributed by atoms with Crippen LogP contribution in [0.5, 0.6) is 0 Å². The number of nitrogens with zero attached hydrogens (tertiary/aromatic N) is 1. The van der Waals surface area contributed by atoms with E-state index in [1.807, 2.05) is 6.07 Å². The van der Waals surface area contributed by atoms with Gasteiger partial charge >= 0.3 is 0 Å². The highest BCUT2D eigenvalue weighted by atomic mass is 16.5. The number of hydrogen-bond acceptors (Lipinski definition) is 3. The first-order valence-electron chi connectivity index (χ1n) is 4.28. The van der Waals surface area contributed by atoms with Crippen molar-refractivity contribution in [1.82, 2.24) is 5.16 Å². The van der Waals surface area contributed by atoms with Crippen molar-refractivity contribution in [3.05, 3.63) is 18.0 Å². The van der Waals surface area contributed by atoms with Crippen molar-refractivity contribution in [2.75, 3.05) is 6.54 Å². The Bertz CT molecular complexity index is 266. The molecule has 0 saturated heterocycles. The lowest BCUT2D eigenvalue weighted by atomic mass is 10.1. The lowest BCUT2D eigenvalue weighted by molar-refractivity contribution is 0.408. The van der Waals surface area contributed by atoms with Crippen LogP contribution < -0.4 is 5.73 Å². The summed E-state index contributed by atoms with van der Waals surface area (Å²) in [6.45, 7) is 5.19. The second-order valence-corrected chi connectivity index (χ2v) is 4.07. The Morgan fingerprint density at radius 2 is 2.42 bits per heavy atom. The second kappa shape index (κ2) is 2.33. The maximum Gasteiger partial charge on any atom is 0.124 e. The molecule has 1 saturated carbocycles. The molecular formula is C9H14N2O. The zero-order valence-corrected chi connectivity index (χ0v) is 7.45. The van der Waals surface area contributed by atoms with Gasteiger partial charge in [0.1, 0.15) is 6.26 Å². The topological polar surface area (TPSA) is 52.0 Å². The van der Waals surface area contributed by atoms with Crippen molar-refractivity contribution >= 4 is 0 Å². The van der Waals surface area contributed by atoms with Gasteiger partial charge in [-0.2, -0.15) is 0 Å². The van der Waals surface area contributed by atoms with E-state index in [0.29, 0.717) is 17.3 Å². The molecule has 2 N–H and O–H groups in total. The Morgan fingerprint density at radius 3 is 2.83 bits per heavy atom. The minimum atomic E-state index is 0.311. The minimum absolute atomic E-state index is 0.311. The van der Waals surface area contributed by atoms with Crippen LogP contribution in [0, 0.1) is 11.3 Å². The van der Waals surface area contributed by atoms with Crippen molar-refractivity contribution < 1.29 is 4.52 Å². The molecule has 66 valence electrons. The van der Waals surface area contributed by atoms with Crippen molar-refractivity contribution in [2.24, 2.45) is 17.1 Å². The predicted molar refractivity (Wildman–Crippen MR) is 45.6 cm³/mol. The summed E-state index contributed by atoms with van der Waals surface area (Å²) in [6.07, 6.45) is 1.62. The van der Waals surface area contributed by atoms with Crippen LogP contribution >= 0.6 is 0 Å². The molecule has 1 aliphatic carbocycles. The SMILES string of the molecule is CC1(C)[C@@H](CN)[C@@H]1c1ccon1. The predicted octanol–water partition coefficient (Wildman–Crippen LogP) is 1.37. The van der Waals surface area contributed by atoms with Gasteiger partial charge < -0.3 is 10.3 Å². The highest BCUT2D eigenvalue weighted by molar-refractivity contribution is 5.24. The van der Waals surface area contributed by atoms with Crippen LogP contribution in [0.4, 0.5) is 0 Å². The van der Waals surface area contributed by atoms with Crippen molar-refractivity contribution in [3.63, 3.8) is 0 Å². The molecule has 0 bridgehead atoms. The summed E-state index contributed by atoms with van der Waals surface area (Å²) in [6, 6.07) is 1.93. The van der Waals surface area contributed by atoms with Gasteiger partial charge in [0.2, 0.25) is 0 Å². The van der Waals surface area contributed by atoms with Crippen LogP contribution in [0.3, 0.4) is 0 Å². The third-order valence-corrected chi connectivity index (χ3v) is 3.08. The Morgan fingerprint density at radius 1 is 1.67 bits per heavy atom. The highest BCUT2D eigenvalue weighted by Crippen LogP contribution is 2.63. The molecule has 0 unspecified atom stereocenters. The van der Waals surface area contributed by atoms with E-state index < -0.39 is 0 Å².